The van der Waals surface area contributed by atoms with E-state index in [0.717, 1.165) is 16.0 Å². The van der Waals surface area contributed by atoms with E-state index >= 15 is 0 Å². The van der Waals surface area contributed by atoms with E-state index in [1.54, 1.807) is 49.4 Å². The van der Waals surface area contributed by atoms with Gasteiger partial charge in [-0.1, -0.05) is 41.9 Å². The summed E-state index contributed by atoms with van der Waals surface area (Å²) in [6.07, 6.45) is 0. The molecule has 1 aliphatic rings. The quantitative estimate of drug-likeness (QED) is 0.370. The number of nitrogens with one attached hydrogen (secondary N) is 2. The summed E-state index contributed by atoms with van der Waals surface area (Å²) in [5.74, 6) is -2.30. The van der Waals surface area contributed by atoms with E-state index < -0.39 is 23.7 Å². The van der Waals surface area contributed by atoms with Gasteiger partial charge >= 0.3 is 5.97 Å². The third-order valence-electron chi connectivity index (χ3n) is 5.61. The molecule has 182 valence electrons. The number of carbonyl (C=O) groups excluding carboxylic acids is 4. The molecule has 8 nitrogen and oxygen atoms in total. The van der Waals surface area contributed by atoms with E-state index in [0.29, 0.717) is 17.1 Å². The van der Waals surface area contributed by atoms with Crippen LogP contribution in [0.2, 0.25) is 0 Å². The first kappa shape index (κ1) is 24.7. The summed E-state index contributed by atoms with van der Waals surface area (Å²) in [7, 11) is 1.26. The van der Waals surface area contributed by atoms with Crippen LogP contribution in [-0.4, -0.2) is 30.8 Å². The highest BCUT2D eigenvalue weighted by Gasteiger charge is 2.39. The molecule has 3 aromatic carbocycles. The highest BCUT2D eigenvalue weighted by Crippen LogP contribution is 2.32. The van der Waals surface area contributed by atoms with Gasteiger partial charge in [-0.2, -0.15) is 0 Å². The van der Waals surface area contributed by atoms with Crippen molar-refractivity contribution < 1.29 is 23.9 Å². The zero-order valence-corrected chi connectivity index (χ0v) is 20.5. The number of hydrogen-bond donors (Lipinski definition) is 2. The number of halogens is 1. The monoisotopic (exact) mass is 503 g/mol. The Balaban J connectivity index is 1.57. The van der Waals surface area contributed by atoms with Crippen molar-refractivity contribution in [3.63, 3.8) is 0 Å². The van der Waals surface area contributed by atoms with E-state index in [2.05, 4.69) is 10.6 Å². The predicted octanol–water partition coefficient (Wildman–Crippen LogP) is 4.78. The number of ether oxygens (including phenoxy) is 1. The van der Waals surface area contributed by atoms with Crippen molar-refractivity contribution in [2.45, 2.75) is 13.8 Å². The number of aryl methyl sites for hydroxylation is 2. The first-order valence-corrected chi connectivity index (χ1v) is 11.3. The van der Waals surface area contributed by atoms with Gasteiger partial charge in [0.2, 0.25) is 0 Å². The Hall–Kier alpha value is -4.43. The van der Waals surface area contributed by atoms with Crippen LogP contribution in [0.1, 0.15) is 31.8 Å². The summed E-state index contributed by atoms with van der Waals surface area (Å²) in [5, 5.41) is 5.33. The molecule has 0 radical (unpaired) electrons. The largest absolute Gasteiger partial charge is 0.465 e. The lowest BCUT2D eigenvalue weighted by molar-refractivity contribution is -0.120. The van der Waals surface area contributed by atoms with Crippen molar-refractivity contribution in [1.29, 1.82) is 0 Å². The fraction of sp³-hybridized carbons (Fsp3) is 0.111. The number of rotatable bonds is 6. The number of para-hydroxylation sites is 1. The fourth-order valence-corrected chi connectivity index (χ4v) is 3.96. The Labute approximate surface area is 212 Å². The van der Waals surface area contributed by atoms with Gasteiger partial charge in [0.05, 0.1) is 24.0 Å². The number of esters is 1. The number of imide groups is 1. The van der Waals surface area contributed by atoms with Crippen molar-refractivity contribution >= 4 is 52.4 Å². The van der Waals surface area contributed by atoms with Crippen LogP contribution >= 0.6 is 11.6 Å². The number of methoxy groups -OCH3 is 1. The summed E-state index contributed by atoms with van der Waals surface area (Å²) < 4.78 is 4.76. The van der Waals surface area contributed by atoms with Crippen molar-refractivity contribution in [3.8, 4) is 0 Å². The van der Waals surface area contributed by atoms with Gasteiger partial charge in [0.25, 0.3) is 17.7 Å². The average Bonchev–Trinajstić information content (AvgIpc) is 3.08. The summed E-state index contributed by atoms with van der Waals surface area (Å²) in [6.45, 7) is 3.66. The SMILES string of the molecule is COC(=O)c1ccccc1NC(=O)c1cccc(NC2=C(Cl)C(=O)N(c3cc(C)ccc3C)C2=O)c1. The molecule has 0 aliphatic carbocycles. The molecule has 3 aromatic rings. The number of nitrogens with zero attached hydrogens (tertiary/aromatic N) is 1. The average molecular weight is 504 g/mol. The molecule has 0 atom stereocenters. The highest BCUT2D eigenvalue weighted by molar-refractivity contribution is 6.53. The molecule has 1 heterocycles. The minimum atomic E-state index is -0.633. The van der Waals surface area contributed by atoms with Crippen LogP contribution in [-0.2, 0) is 14.3 Å². The maximum absolute atomic E-state index is 13.2. The summed E-state index contributed by atoms with van der Waals surface area (Å²) in [6, 6.07) is 18.2. The molecule has 0 saturated heterocycles. The Morgan fingerprint density at radius 1 is 0.917 bits per heavy atom. The summed E-state index contributed by atoms with van der Waals surface area (Å²) in [4.78, 5) is 51.9. The van der Waals surface area contributed by atoms with E-state index in [9.17, 15) is 19.2 Å². The number of anilines is 3. The minimum Gasteiger partial charge on any atom is -0.465 e. The Morgan fingerprint density at radius 2 is 1.67 bits per heavy atom. The number of amides is 3. The second kappa shape index (κ2) is 10.1. The zero-order valence-electron chi connectivity index (χ0n) is 19.7. The molecule has 1 aliphatic heterocycles. The van der Waals surface area contributed by atoms with Crippen molar-refractivity contribution in [3.05, 3.63) is 99.7 Å². The van der Waals surface area contributed by atoms with E-state index in [4.69, 9.17) is 16.3 Å². The van der Waals surface area contributed by atoms with Gasteiger partial charge in [0, 0.05) is 11.3 Å². The van der Waals surface area contributed by atoms with Crippen LogP contribution in [0.5, 0.6) is 0 Å². The van der Waals surface area contributed by atoms with Crippen LogP contribution in [0, 0.1) is 13.8 Å². The van der Waals surface area contributed by atoms with Gasteiger partial charge in [0.15, 0.2) is 0 Å². The Morgan fingerprint density at radius 3 is 2.42 bits per heavy atom. The molecular weight excluding hydrogens is 482 g/mol. The third kappa shape index (κ3) is 4.71. The second-order valence-electron chi connectivity index (χ2n) is 8.12. The Bertz CT molecular complexity index is 1450. The molecular formula is C27H22ClN3O5. The van der Waals surface area contributed by atoms with Crippen LogP contribution in [0.25, 0.3) is 0 Å². The zero-order chi connectivity index (χ0) is 26.0. The highest BCUT2D eigenvalue weighted by atomic mass is 35.5. The van der Waals surface area contributed by atoms with Gasteiger partial charge in [-0.05, 0) is 61.4 Å². The van der Waals surface area contributed by atoms with Crippen LogP contribution in [0.3, 0.4) is 0 Å². The lowest BCUT2D eigenvalue weighted by Crippen LogP contribution is -2.33. The topological polar surface area (TPSA) is 105 Å². The minimum absolute atomic E-state index is 0.0869. The van der Waals surface area contributed by atoms with Gasteiger partial charge in [0.1, 0.15) is 10.7 Å². The van der Waals surface area contributed by atoms with Gasteiger partial charge < -0.3 is 15.4 Å². The van der Waals surface area contributed by atoms with Crippen molar-refractivity contribution in [1.82, 2.24) is 0 Å². The number of benzene rings is 3. The van der Waals surface area contributed by atoms with Crippen molar-refractivity contribution in [2.75, 3.05) is 22.6 Å². The maximum atomic E-state index is 13.2. The fourth-order valence-electron chi connectivity index (χ4n) is 3.75. The number of hydrogen-bond acceptors (Lipinski definition) is 6. The van der Waals surface area contributed by atoms with E-state index in [1.807, 2.05) is 19.1 Å². The molecule has 2 N–H and O–H groups in total. The molecule has 0 saturated carbocycles. The first-order chi connectivity index (χ1) is 17.2. The molecule has 4 rings (SSSR count). The molecule has 0 spiro atoms. The molecule has 0 bridgehead atoms. The normalized spacial score (nSPS) is 13.2. The van der Waals surface area contributed by atoms with Crippen LogP contribution < -0.4 is 15.5 Å². The molecule has 0 unspecified atom stereocenters. The molecule has 9 heteroatoms. The van der Waals surface area contributed by atoms with E-state index in [1.165, 1.54) is 19.2 Å². The van der Waals surface area contributed by atoms with Gasteiger partial charge in [-0.25, -0.2) is 9.69 Å². The van der Waals surface area contributed by atoms with E-state index in [-0.39, 0.29) is 21.9 Å². The standard InChI is InChI=1S/C27H22ClN3O5/c1-15-11-12-16(2)21(13-15)31-25(33)22(28)23(26(31)34)29-18-8-6-7-17(14-18)24(32)30-20-10-5-4-9-19(20)27(35)36-3/h4-14,29H,1-3H3,(H,30,32). The molecule has 36 heavy (non-hydrogen) atoms. The second-order valence-corrected chi connectivity index (χ2v) is 8.50. The number of carbonyl (C=O) groups is 4. The van der Waals surface area contributed by atoms with Crippen LogP contribution in [0.15, 0.2) is 77.5 Å². The molecule has 3 amide bonds. The maximum Gasteiger partial charge on any atom is 0.339 e. The molecule has 0 aromatic heterocycles. The van der Waals surface area contributed by atoms with Gasteiger partial charge in [-0.15, -0.1) is 0 Å². The summed E-state index contributed by atoms with van der Waals surface area (Å²) in [5.41, 5.74) is 3.13. The lowest BCUT2D eigenvalue weighted by Gasteiger charge is -2.18. The third-order valence-corrected chi connectivity index (χ3v) is 5.96. The molecule has 0 fully saturated rings. The van der Waals surface area contributed by atoms with Crippen molar-refractivity contribution in [2.24, 2.45) is 0 Å². The summed E-state index contributed by atoms with van der Waals surface area (Å²) >= 11 is 6.26. The predicted molar refractivity (Wildman–Crippen MR) is 137 cm³/mol. The smallest absolute Gasteiger partial charge is 0.339 e. The van der Waals surface area contributed by atoms with Gasteiger partial charge in [-0.3, -0.25) is 14.4 Å². The Kier molecular flexibility index (Phi) is 6.89. The van der Waals surface area contributed by atoms with Crippen LogP contribution in [0.4, 0.5) is 17.1 Å². The first-order valence-electron chi connectivity index (χ1n) is 10.9. The lowest BCUT2D eigenvalue weighted by atomic mass is 10.1.